The molecule has 0 aliphatic heterocycles. The summed E-state index contributed by atoms with van der Waals surface area (Å²) in [7, 11) is 0. The van der Waals surface area contributed by atoms with E-state index in [1.165, 1.54) is 6.21 Å². The summed E-state index contributed by atoms with van der Waals surface area (Å²) in [5, 5.41) is 7.12. The van der Waals surface area contributed by atoms with Crippen LogP contribution in [0.2, 0.25) is 5.02 Å². The maximum absolute atomic E-state index is 12.2. The predicted molar refractivity (Wildman–Crippen MR) is 128 cm³/mol. The van der Waals surface area contributed by atoms with Gasteiger partial charge < -0.3 is 10.1 Å². The van der Waals surface area contributed by atoms with Gasteiger partial charge in [0.15, 0.2) is 6.61 Å². The number of carbonyl (C=O) groups excluding carboxylic acids is 2. The first kappa shape index (κ1) is 23.0. The van der Waals surface area contributed by atoms with E-state index in [4.69, 9.17) is 16.3 Å². The number of aryl methyl sites for hydroxylation is 3. The van der Waals surface area contributed by atoms with Crippen LogP contribution in [0.25, 0.3) is 0 Å². The predicted octanol–water partition coefficient (Wildman–Crippen LogP) is 5.05. The number of anilines is 1. The lowest BCUT2D eigenvalue weighted by atomic mass is 10.1. The smallest absolute Gasteiger partial charge is 0.271 e. The second-order valence-corrected chi connectivity index (χ2v) is 7.82. The Morgan fingerprint density at radius 2 is 1.69 bits per heavy atom. The van der Waals surface area contributed by atoms with Gasteiger partial charge in [0.25, 0.3) is 11.8 Å². The molecule has 0 heterocycles. The van der Waals surface area contributed by atoms with Gasteiger partial charge in [-0.15, -0.1) is 0 Å². The fourth-order valence-corrected chi connectivity index (χ4v) is 3.18. The Morgan fingerprint density at radius 3 is 2.38 bits per heavy atom. The molecule has 2 amide bonds. The molecular weight excluding hydrogens is 426 g/mol. The van der Waals surface area contributed by atoms with Crippen molar-refractivity contribution in [1.82, 2.24) is 5.43 Å². The molecule has 3 aromatic rings. The van der Waals surface area contributed by atoms with E-state index in [1.54, 1.807) is 30.3 Å². The molecule has 164 valence electrons. The van der Waals surface area contributed by atoms with E-state index < -0.39 is 0 Å². The lowest BCUT2D eigenvalue weighted by molar-refractivity contribution is -0.118. The van der Waals surface area contributed by atoms with E-state index >= 15 is 0 Å². The number of nitrogens with zero attached hydrogens (tertiary/aromatic N) is 1. The van der Waals surface area contributed by atoms with Crippen LogP contribution in [0.4, 0.5) is 5.69 Å². The molecule has 0 bridgehead atoms. The average molecular weight is 450 g/mol. The molecule has 0 aliphatic carbocycles. The minimum atomic E-state index is -0.304. The van der Waals surface area contributed by atoms with Gasteiger partial charge in [0.1, 0.15) is 5.75 Å². The lowest BCUT2D eigenvalue weighted by Crippen LogP contribution is -2.20. The van der Waals surface area contributed by atoms with Crippen molar-refractivity contribution in [3.63, 3.8) is 0 Å². The Balaban J connectivity index is 1.53. The number of hydrogen-bond donors (Lipinski definition) is 2. The van der Waals surface area contributed by atoms with Crippen LogP contribution in [0.15, 0.2) is 65.8 Å². The van der Waals surface area contributed by atoms with Crippen LogP contribution in [-0.4, -0.2) is 24.6 Å². The summed E-state index contributed by atoms with van der Waals surface area (Å²) >= 11 is 6.26. The molecule has 3 rings (SSSR count). The molecule has 0 radical (unpaired) electrons. The molecule has 6 nitrogen and oxygen atoms in total. The van der Waals surface area contributed by atoms with Crippen molar-refractivity contribution in [1.29, 1.82) is 0 Å². The molecular formula is C25H24ClN3O3. The molecule has 0 aliphatic rings. The van der Waals surface area contributed by atoms with Gasteiger partial charge in [-0.25, -0.2) is 5.43 Å². The van der Waals surface area contributed by atoms with Gasteiger partial charge in [-0.3, -0.25) is 9.59 Å². The third-order valence-electron chi connectivity index (χ3n) is 4.66. The number of halogens is 1. The fourth-order valence-electron chi connectivity index (χ4n) is 2.93. The van der Waals surface area contributed by atoms with Crippen LogP contribution in [0, 0.1) is 20.8 Å². The average Bonchev–Trinajstić information content (AvgIpc) is 2.75. The molecule has 0 spiro atoms. The molecule has 32 heavy (non-hydrogen) atoms. The summed E-state index contributed by atoms with van der Waals surface area (Å²) < 4.78 is 5.54. The number of rotatable bonds is 7. The largest absolute Gasteiger partial charge is 0.482 e. The lowest BCUT2D eigenvalue weighted by Gasteiger charge is -2.11. The maximum atomic E-state index is 12.2. The van der Waals surface area contributed by atoms with Crippen molar-refractivity contribution < 1.29 is 14.3 Å². The quantitative estimate of drug-likeness (QED) is 0.391. The summed E-state index contributed by atoms with van der Waals surface area (Å²) in [4.78, 5) is 24.3. The monoisotopic (exact) mass is 449 g/mol. The number of benzene rings is 3. The summed E-state index contributed by atoms with van der Waals surface area (Å²) in [6.07, 6.45) is 1.48. The zero-order valence-electron chi connectivity index (χ0n) is 18.1. The van der Waals surface area contributed by atoms with Gasteiger partial charge in [-0.1, -0.05) is 47.0 Å². The first-order valence-electron chi connectivity index (χ1n) is 10.0. The number of hydrazone groups is 1. The van der Waals surface area contributed by atoms with Crippen molar-refractivity contribution >= 4 is 35.3 Å². The summed E-state index contributed by atoms with van der Waals surface area (Å²) in [5.74, 6) is -0.206. The van der Waals surface area contributed by atoms with Crippen molar-refractivity contribution in [2.45, 2.75) is 20.8 Å². The van der Waals surface area contributed by atoms with Crippen molar-refractivity contribution in [2.24, 2.45) is 5.10 Å². The van der Waals surface area contributed by atoms with E-state index in [2.05, 4.69) is 15.8 Å². The van der Waals surface area contributed by atoms with Crippen molar-refractivity contribution in [3.8, 4) is 5.75 Å². The van der Waals surface area contributed by atoms with E-state index in [1.807, 2.05) is 51.1 Å². The molecule has 0 aromatic heterocycles. The number of ether oxygens (including phenoxy) is 1. The first-order chi connectivity index (χ1) is 15.3. The Bertz CT molecular complexity index is 1160. The third kappa shape index (κ3) is 6.43. The van der Waals surface area contributed by atoms with Gasteiger partial charge in [-0.05, 0) is 68.3 Å². The van der Waals surface area contributed by atoms with Gasteiger partial charge >= 0.3 is 0 Å². The van der Waals surface area contributed by atoms with E-state index in [0.717, 1.165) is 22.4 Å². The Hall–Kier alpha value is -3.64. The highest BCUT2D eigenvalue weighted by Crippen LogP contribution is 2.25. The van der Waals surface area contributed by atoms with Crippen LogP contribution in [0.3, 0.4) is 0 Å². The number of hydrogen-bond acceptors (Lipinski definition) is 4. The second kappa shape index (κ2) is 10.6. The molecule has 0 saturated heterocycles. The van der Waals surface area contributed by atoms with Crippen LogP contribution in [0.5, 0.6) is 5.75 Å². The standard InChI is InChI=1S/C25H24ClN3O3/c1-16-4-8-20(9-5-16)25(31)29-27-14-19-7-11-23(21(26)13-19)32-15-24(30)28-22-10-6-17(2)12-18(22)3/h4-14H,15H2,1-3H3,(H,28,30)(H,29,31)/b27-14+. The zero-order chi connectivity index (χ0) is 23.1. The first-order valence-corrected chi connectivity index (χ1v) is 10.4. The second-order valence-electron chi connectivity index (χ2n) is 7.41. The SMILES string of the molecule is Cc1ccc(C(=O)N/N=C/c2ccc(OCC(=O)Nc3ccc(C)cc3C)c(Cl)c2)cc1. The number of amides is 2. The highest BCUT2D eigenvalue weighted by molar-refractivity contribution is 6.32. The highest BCUT2D eigenvalue weighted by Gasteiger charge is 2.09. The van der Waals surface area contributed by atoms with Crippen LogP contribution < -0.4 is 15.5 Å². The van der Waals surface area contributed by atoms with E-state index in [9.17, 15) is 9.59 Å². The topological polar surface area (TPSA) is 79.8 Å². The molecule has 7 heteroatoms. The van der Waals surface area contributed by atoms with Gasteiger partial charge in [0.2, 0.25) is 0 Å². The third-order valence-corrected chi connectivity index (χ3v) is 4.96. The summed E-state index contributed by atoms with van der Waals surface area (Å²) in [5.41, 5.74) is 7.60. The molecule has 2 N–H and O–H groups in total. The van der Waals surface area contributed by atoms with Gasteiger partial charge in [-0.2, -0.15) is 5.10 Å². The fraction of sp³-hybridized carbons (Fsp3) is 0.160. The summed E-state index contributed by atoms with van der Waals surface area (Å²) in [6.45, 7) is 5.71. The maximum Gasteiger partial charge on any atom is 0.271 e. The minimum absolute atomic E-state index is 0.174. The number of carbonyl (C=O) groups is 2. The Kier molecular flexibility index (Phi) is 7.63. The van der Waals surface area contributed by atoms with Crippen LogP contribution in [-0.2, 0) is 4.79 Å². The van der Waals surface area contributed by atoms with Crippen LogP contribution >= 0.6 is 11.6 Å². The van der Waals surface area contributed by atoms with Gasteiger partial charge in [0.05, 0.1) is 11.2 Å². The zero-order valence-corrected chi connectivity index (χ0v) is 18.9. The normalized spacial score (nSPS) is 10.8. The molecule has 3 aromatic carbocycles. The van der Waals surface area contributed by atoms with Crippen LogP contribution in [0.1, 0.15) is 32.6 Å². The number of nitrogens with one attached hydrogen (secondary N) is 2. The van der Waals surface area contributed by atoms with Gasteiger partial charge in [0, 0.05) is 11.3 Å². The minimum Gasteiger partial charge on any atom is -0.482 e. The van der Waals surface area contributed by atoms with E-state index in [0.29, 0.717) is 21.9 Å². The molecule has 0 saturated carbocycles. The molecule has 0 unspecified atom stereocenters. The van der Waals surface area contributed by atoms with Crippen molar-refractivity contribution in [3.05, 3.63) is 93.5 Å². The van der Waals surface area contributed by atoms with Crippen molar-refractivity contribution in [2.75, 3.05) is 11.9 Å². The molecule has 0 atom stereocenters. The summed E-state index contributed by atoms with van der Waals surface area (Å²) in [6, 6.07) is 18.0. The molecule has 0 fully saturated rings. The Labute approximate surface area is 192 Å². The highest BCUT2D eigenvalue weighted by atomic mass is 35.5. The van der Waals surface area contributed by atoms with E-state index in [-0.39, 0.29) is 18.4 Å². The Morgan fingerprint density at radius 1 is 0.969 bits per heavy atom.